The van der Waals surface area contributed by atoms with Gasteiger partial charge in [-0.05, 0) is 105 Å². The number of pyridine rings is 1. The number of aryl methyl sites for hydroxylation is 1. The van der Waals surface area contributed by atoms with Gasteiger partial charge in [-0.2, -0.15) is 23.8 Å². The molecule has 0 N–H and O–H groups in total. The quantitative estimate of drug-likeness (QED) is 0.0956. The van der Waals surface area contributed by atoms with E-state index in [-0.39, 0.29) is 37.8 Å². The zero-order valence-electron chi connectivity index (χ0n) is 47.8. The van der Waals surface area contributed by atoms with Crippen molar-refractivity contribution in [3.8, 4) is 28.1 Å². The summed E-state index contributed by atoms with van der Waals surface area (Å²) in [5, 5.41) is 8.87. The van der Waals surface area contributed by atoms with Crippen molar-refractivity contribution in [2.75, 3.05) is 4.90 Å². The Morgan fingerprint density at radius 2 is 1.40 bits per heavy atom. The van der Waals surface area contributed by atoms with Crippen molar-refractivity contribution in [1.82, 2.24) is 9.55 Å². The van der Waals surface area contributed by atoms with E-state index in [0.717, 1.165) is 65.4 Å². The molecule has 0 amide bonds. The van der Waals surface area contributed by atoms with Gasteiger partial charge in [0.25, 0.3) is 0 Å². The second-order valence-corrected chi connectivity index (χ2v) is 26.2. The van der Waals surface area contributed by atoms with Gasteiger partial charge in [-0.1, -0.05) is 194 Å². The molecule has 1 aliphatic carbocycles. The van der Waals surface area contributed by atoms with E-state index < -0.39 is 21.3 Å². The zero-order valence-corrected chi connectivity index (χ0v) is 46.2. The second-order valence-electron chi connectivity index (χ2n) is 21.1. The van der Waals surface area contributed by atoms with Gasteiger partial charge in [-0.25, -0.2) is 0 Å². The van der Waals surface area contributed by atoms with E-state index in [0.29, 0.717) is 23.1 Å². The number of rotatable bonds is 11. The Kier molecular flexibility index (Phi) is 13.6. The molecule has 1 fully saturated rings. The van der Waals surface area contributed by atoms with Crippen LogP contribution in [0.2, 0.25) is 19.6 Å². The SMILES string of the molecule is CC(C)c1cccc(C(C)C)c1CN1c2ccccc2[N-]C1c1[c-]cc2c(c1)c1cc(-c3ccccc3)ccc1n2-c1ccccc1.[2H]C([2H])([2H])c1c[c-]c(-c2cc(C([2H])([2H])C3CCCCC3)c([Si](C)(C)C)cn2)cc1.[Ir+3]. The van der Waals surface area contributed by atoms with Crippen molar-refractivity contribution < 1.29 is 27.0 Å². The van der Waals surface area contributed by atoms with E-state index in [4.69, 9.17) is 12.2 Å². The molecule has 1 saturated carbocycles. The topological polar surface area (TPSA) is 35.2 Å². The third kappa shape index (κ3) is 10.7. The predicted octanol–water partition coefficient (Wildman–Crippen LogP) is 17.7. The molecule has 1 unspecified atom stereocenters. The van der Waals surface area contributed by atoms with E-state index in [1.54, 1.807) is 12.1 Å². The molecule has 1 atom stereocenters. The molecule has 0 radical (unpaired) electrons. The van der Waals surface area contributed by atoms with Crippen molar-refractivity contribution in [3.05, 3.63) is 215 Å². The molecule has 4 nitrogen and oxygen atoms in total. The van der Waals surface area contributed by atoms with Crippen molar-refractivity contribution in [2.24, 2.45) is 5.92 Å². The Morgan fingerprint density at radius 3 is 2.08 bits per heavy atom. The summed E-state index contributed by atoms with van der Waals surface area (Å²) >= 11 is 0. The van der Waals surface area contributed by atoms with Crippen molar-refractivity contribution in [3.63, 3.8) is 0 Å². The van der Waals surface area contributed by atoms with E-state index in [2.05, 4.69) is 207 Å². The number of para-hydroxylation sites is 3. The standard InChI is InChI=1S/C44H39N3.C22H30NSi.Ir/c1-29(2)35-18-13-19-36(30(3)4)39(35)28-46-43-21-12-11-20-40(43)45-44(46)33-23-25-42-38(27-33)37-26-32(31-14-7-5-8-15-31)22-24-41(37)47(42)34-16-9-6-10-17-34;1-17-10-12-19(13-11-17)21-15-20(14-18-8-6-5-7-9-18)22(16-23-21)24(2,3)4;/h5-22,24-27,29-30,44H,28H2,1-4H3;10-12,15-16,18H,5-9,14H2,1-4H3;/q-2;-1;+3/i;1D3,14D2;. The number of fused-ring (bicyclic) bond motifs is 4. The monoisotopic (exact) mass is 1140 g/mol. The van der Waals surface area contributed by atoms with Crippen LogP contribution in [0.15, 0.2) is 164 Å². The van der Waals surface area contributed by atoms with Crippen molar-refractivity contribution >= 4 is 46.4 Å². The molecule has 0 spiro atoms. The largest absolute Gasteiger partial charge is 3.00 e. The van der Waals surface area contributed by atoms with Gasteiger partial charge in [-0.15, -0.1) is 46.5 Å². The summed E-state index contributed by atoms with van der Waals surface area (Å²) in [5.41, 5.74) is 15.8. The van der Waals surface area contributed by atoms with E-state index in [1.807, 2.05) is 12.3 Å². The summed E-state index contributed by atoms with van der Waals surface area (Å²) in [4.78, 5) is 7.11. The average Bonchev–Trinajstić information content (AvgIpc) is 3.96. The molecule has 0 saturated heterocycles. The fourth-order valence-electron chi connectivity index (χ4n) is 10.8. The third-order valence-corrected chi connectivity index (χ3v) is 16.5. The molecule has 7 aromatic carbocycles. The molecule has 3 heterocycles. The summed E-state index contributed by atoms with van der Waals surface area (Å²) < 4.78 is 43.0. The summed E-state index contributed by atoms with van der Waals surface area (Å²) in [6, 6.07) is 61.6. The average molecular weight is 1140 g/mol. The molecule has 366 valence electrons. The number of anilines is 1. The first-order valence-corrected chi connectivity index (χ1v) is 29.2. The maximum Gasteiger partial charge on any atom is 3.00 e. The molecule has 0 bridgehead atoms. The first kappa shape index (κ1) is 44.6. The Labute approximate surface area is 451 Å². The Balaban J connectivity index is 0.000000208. The van der Waals surface area contributed by atoms with Crippen LogP contribution in [0.25, 0.3) is 55.2 Å². The first-order chi connectivity index (χ1) is 36.4. The molecule has 1 aliphatic heterocycles. The Hall–Kier alpha value is -6.04. The van der Waals surface area contributed by atoms with E-state index in [9.17, 15) is 0 Å². The van der Waals surface area contributed by atoms with E-state index >= 15 is 0 Å². The second kappa shape index (κ2) is 22.0. The van der Waals surface area contributed by atoms with Crippen LogP contribution < -0.4 is 10.1 Å². The van der Waals surface area contributed by atoms with E-state index in [1.165, 1.54) is 62.3 Å². The molecular formula is C66H69IrN4Si. The maximum absolute atomic E-state index is 9.03. The van der Waals surface area contributed by atoms with Gasteiger partial charge in [0.15, 0.2) is 0 Å². The number of hydrogen-bond acceptors (Lipinski definition) is 2. The van der Waals surface area contributed by atoms with Gasteiger partial charge in [0.05, 0.1) is 8.07 Å². The Morgan fingerprint density at radius 1 is 0.708 bits per heavy atom. The molecule has 6 heteroatoms. The van der Waals surface area contributed by atoms with Gasteiger partial charge in [-0.3, -0.25) is 0 Å². The summed E-state index contributed by atoms with van der Waals surface area (Å²) in [6.07, 6.45) is 5.51. The van der Waals surface area contributed by atoms with Crippen LogP contribution in [0, 0.1) is 24.9 Å². The molecule has 11 rings (SSSR count). The maximum atomic E-state index is 9.03. The summed E-state index contributed by atoms with van der Waals surface area (Å²) in [6.45, 7) is 14.5. The molecule has 72 heavy (non-hydrogen) atoms. The fraction of sp³-hybridized carbons (Fsp3) is 0.288. The van der Waals surface area contributed by atoms with Gasteiger partial charge < -0.3 is 19.8 Å². The molecule has 2 aromatic heterocycles. The number of hydrogen-bond donors (Lipinski definition) is 0. The minimum Gasteiger partial charge on any atom is -0.661 e. The van der Waals surface area contributed by atoms with Crippen LogP contribution >= 0.6 is 0 Å². The van der Waals surface area contributed by atoms with Gasteiger partial charge in [0.2, 0.25) is 0 Å². The van der Waals surface area contributed by atoms with Crippen LogP contribution in [0.4, 0.5) is 11.4 Å². The zero-order chi connectivity index (χ0) is 53.5. The minimum absolute atomic E-state index is 0. The van der Waals surface area contributed by atoms with Gasteiger partial charge in [0.1, 0.15) is 0 Å². The van der Waals surface area contributed by atoms with Crippen LogP contribution in [0.5, 0.6) is 0 Å². The van der Waals surface area contributed by atoms with Crippen LogP contribution in [-0.4, -0.2) is 17.6 Å². The van der Waals surface area contributed by atoms with Crippen molar-refractivity contribution in [2.45, 2.75) is 117 Å². The predicted molar refractivity (Wildman–Crippen MR) is 305 cm³/mol. The molecular weight excluding hydrogens is 1070 g/mol. The minimum atomic E-state index is -2.16. The normalized spacial score (nSPS) is 16.2. The third-order valence-electron chi connectivity index (χ3n) is 14.5. The summed E-state index contributed by atoms with van der Waals surface area (Å²) in [5.74, 6) is 0.897. The summed E-state index contributed by atoms with van der Waals surface area (Å²) in [7, 11) is -1.80. The first-order valence-electron chi connectivity index (χ1n) is 28.2. The van der Waals surface area contributed by atoms with Crippen LogP contribution in [0.1, 0.15) is 118 Å². The number of benzene rings is 7. The molecule has 2 aliphatic rings. The van der Waals surface area contributed by atoms with Crippen molar-refractivity contribution in [1.29, 1.82) is 0 Å². The number of aromatic nitrogens is 2. The van der Waals surface area contributed by atoms with Gasteiger partial charge >= 0.3 is 20.1 Å². The smallest absolute Gasteiger partial charge is 0.661 e. The van der Waals surface area contributed by atoms with Crippen LogP contribution in [-0.2, 0) is 33.0 Å². The Bertz CT molecular complexity index is 3460. The molecule has 9 aromatic rings. The van der Waals surface area contributed by atoms with Crippen LogP contribution in [0.3, 0.4) is 0 Å². The van der Waals surface area contributed by atoms with Gasteiger partial charge in [0, 0.05) is 36.5 Å². The fourth-order valence-corrected chi connectivity index (χ4v) is 12.2. The number of nitrogens with zero attached hydrogens (tertiary/aromatic N) is 4.